The number of rotatable bonds is 7. The second-order valence-corrected chi connectivity index (χ2v) is 6.79. The van der Waals surface area contributed by atoms with Crippen molar-refractivity contribution in [3.8, 4) is 11.8 Å². The van der Waals surface area contributed by atoms with Crippen molar-refractivity contribution < 1.29 is 53.8 Å². The van der Waals surface area contributed by atoms with E-state index in [1.54, 1.807) is 0 Å². The van der Waals surface area contributed by atoms with Crippen molar-refractivity contribution in [2.75, 3.05) is 25.2 Å². The molecule has 6 nitrogen and oxygen atoms in total. The summed E-state index contributed by atoms with van der Waals surface area (Å²) < 4.78 is 122. The lowest BCUT2D eigenvalue weighted by Crippen LogP contribution is -2.28. The highest BCUT2D eigenvalue weighted by Gasteiger charge is 2.32. The number of carbonyl (C=O) groups is 1. The number of carbonyl (C=O) groups excluding carboxylic acids is 1. The Kier molecular flexibility index (Phi) is 8.23. The Balaban J connectivity index is 2.38. The molecule has 0 saturated carbocycles. The number of halogens is 9. The fourth-order valence-electron chi connectivity index (χ4n) is 2.50. The van der Waals surface area contributed by atoms with Gasteiger partial charge in [0.05, 0.1) is 17.2 Å². The molecule has 0 N–H and O–H groups in total. The summed E-state index contributed by atoms with van der Waals surface area (Å²) in [6.45, 7) is -2.38. The second kappa shape index (κ2) is 10.4. The molecule has 1 aromatic carbocycles. The van der Waals surface area contributed by atoms with Crippen molar-refractivity contribution in [1.82, 2.24) is 9.97 Å². The number of hydrogen-bond acceptors (Lipinski definition) is 5. The number of benzene rings is 1. The van der Waals surface area contributed by atoms with Crippen molar-refractivity contribution in [3.05, 3.63) is 47.8 Å². The fraction of sp³-hybridized carbons (Fsp3) is 0.350. The van der Waals surface area contributed by atoms with Crippen LogP contribution in [0.4, 0.5) is 45.2 Å². The summed E-state index contributed by atoms with van der Waals surface area (Å²) in [5.41, 5.74) is -1.38. The standard InChI is InChI=1S/C20H16F9N3O3/c1-3-13(17(33)32(2)12-6-4-11(5-7-12)20(27,28)29)16-30-14(34-9-18(21,22)23)8-15(31-16)35-10-19(24,25)26/h3-8H,9-10H2,1-2H3/b13-3+. The van der Waals surface area contributed by atoms with Crippen LogP contribution in [0.25, 0.3) is 5.57 Å². The zero-order chi connectivity index (χ0) is 26.6. The van der Waals surface area contributed by atoms with Crippen molar-refractivity contribution in [2.24, 2.45) is 0 Å². The van der Waals surface area contributed by atoms with Gasteiger partial charge in [-0.05, 0) is 31.2 Å². The molecule has 35 heavy (non-hydrogen) atoms. The molecule has 0 saturated heterocycles. The molecule has 2 rings (SSSR count). The molecule has 0 radical (unpaired) electrons. The van der Waals surface area contributed by atoms with E-state index < -0.39 is 66.4 Å². The molecule has 1 heterocycles. The van der Waals surface area contributed by atoms with Crippen LogP contribution < -0.4 is 14.4 Å². The van der Waals surface area contributed by atoms with Crippen molar-refractivity contribution in [2.45, 2.75) is 25.5 Å². The molecule has 0 atom stereocenters. The Labute approximate surface area is 192 Å². The van der Waals surface area contributed by atoms with Crippen molar-refractivity contribution in [1.29, 1.82) is 0 Å². The van der Waals surface area contributed by atoms with Gasteiger partial charge in [0.1, 0.15) is 0 Å². The number of nitrogens with zero attached hydrogens (tertiary/aromatic N) is 3. The maximum atomic E-state index is 12.9. The average Bonchev–Trinajstić information content (AvgIpc) is 2.75. The van der Waals surface area contributed by atoms with Gasteiger partial charge in [-0.25, -0.2) is 0 Å². The van der Waals surface area contributed by atoms with Crippen LogP contribution >= 0.6 is 0 Å². The van der Waals surface area contributed by atoms with E-state index in [9.17, 15) is 44.3 Å². The summed E-state index contributed by atoms with van der Waals surface area (Å²) in [6, 6.07) is 4.02. The van der Waals surface area contributed by atoms with Gasteiger partial charge in [0, 0.05) is 12.7 Å². The van der Waals surface area contributed by atoms with Crippen LogP contribution in [0.5, 0.6) is 11.8 Å². The number of anilines is 1. The first-order valence-electron chi connectivity index (χ1n) is 9.40. The van der Waals surface area contributed by atoms with Crippen LogP contribution in [0.3, 0.4) is 0 Å². The number of ether oxygens (including phenoxy) is 2. The van der Waals surface area contributed by atoms with E-state index in [0.29, 0.717) is 6.07 Å². The minimum absolute atomic E-state index is 0.000343. The molecule has 0 aliphatic carbocycles. The van der Waals surface area contributed by atoms with Gasteiger partial charge in [0.25, 0.3) is 5.91 Å². The Morgan fingerprint density at radius 1 is 0.886 bits per heavy atom. The third-order valence-corrected chi connectivity index (χ3v) is 4.09. The van der Waals surface area contributed by atoms with E-state index in [1.807, 2.05) is 0 Å². The van der Waals surface area contributed by atoms with Gasteiger partial charge in [0.15, 0.2) is 19.0 Å². The highest BCUT2D eigenvalue weighted by atomic mass is 19.4. The predicted molar refractivity (Wildman–Crippen MR) is 104 cm³/mol. The summed E-state index contributed by atoms with van der Waals surface area (Å²) in [5.74, 6) is -3.21. The normalized spacial score (nSPS) is 12.9. The van der Waals surface area contributed by atoms with Crippen molar-refractivity contribution >= 4 is 17.2 Å². The molecule has 0 aliphatic rings. The van der Waals surface area contributed by atoms with Crippen LogP contribution in [0.2, 0.25) is 0 Å². The Morgan fingerprint density at radius 3 is 1.71 bits per heavy atom. The third-order valence-electron chi connectivity index (χ3n) is 4.09. The van der Waals surface area contributed by atoms with Crippen molar-refractivity contribution in [3.63, 3.8) is 0 Å². The maximum Gasteiger partial charge on any atom is 0.422 e. The zero-order valence-corrected chi connectivity index (χ0v) is 17.8. The molecule has 0 fully saturated rings. The summed E-state index contributed by atoms with van der Waals surface area (Å²) in [5, 5.41) is 0. The average molecular weight is 517 g/mol. The first kappa shape index (κ1) is 27.7. The number of hydrogen-bond donors (Lipinski definition) is 0. The second-order valence-electron chi connectivity index (χ2n) is 6.79. The number of alkyl halides is 9. The van der Waals surface area contributed by atoms with E-state index >= 15 is 0 Å². The third kappa shape index (κ3) is 8.33. The van der Waals surface area contributed by atoms with E-state index in [0.717, 1.165) is 35.2 Å². The van der Waals surface area contributed by atoms with Crippen LogP contribution in [0, 0.1) is 0 Å². The number of amides is 1. The summed E-state index contributed by atoms with van der Waals surface area (Å²) >= 11 is 0. The van der Waals surface area contributed by atoms with Crippen LogP contribution in [0.1, 0.15) is 18.3 Å². The minimum Gasteiger partial charge on any atom is -0.468 e. The minimum atomic E-state index is -4.81. The summed E-state index contributed by atoms with van der Waals surface area (Å²) in [6.07, 6.45) is -13.1. The molecule has 0 spiro atoms. The molecule has 0 aliphatic heterocycles. The molecule has 0 unspecified atom stereocenters. The van der Waals surface area contributed by atoms with E-state index in [1.165, 1.54) is 14.0 Å². The number of likely N-dealkylation sites (N-methyl/N-ethyl adjacent to an activating group) is 1. The molecule has 192 valence electrons. The first-order chi connectivity index (χ1) is 16.0. The maximum absolute atomic E-state index is 12.9. The Bertz CT molecular complexity index is 1030. The topological polar surface area (TPSA) is 64.6 Å². The van der Waals surface area contributed by atoms with E-state index in [2.05, 4.69) is 19.4 Å². The molecule has 15 heteroatoms. The van der Waals surface area contributed by atoms with Crippen LogP contribution in [0.15, 0.2) is 36.4 Å². The lowest BCUT2D eigenvalue weighted by molar-refractivity contribution is -0.154. The molecular formula is C20H16F9N3O3. The van der Waals surface area contributed by atoms with Gasteiger partial charge >= 0.3 is 18.5 Å². The molecule has 2 aromatic rings. The van der Waals surface area contributed by atoms with Crippen LogP contribution in [-0.4, -0.2) is 48.5 Å². The largest absolute Gasteiger partial charge is 0.468 e. The van der Waals surface area contributed by atoms with Gasteiger partial charge in [0.2, 0.25) is 11.8 Å². The lowest BCUT2D eigenvalue weighted by Gasteiger charge is -2.20. The quantitative estimate of drug-likeness (QED) is 0.362. The monoisotopic (exact) mass is 517 g/mol. The number of allylic oxidation sites excluding steroid dienone is 1. The molecule has 0 bridgehead atoms. The molecule has 1 aromatic heterocycles. The molecular weight excluding hydrogens is 501 g/mol. The van der Waals surface area contributed by atoms with Gasteiger partial charge in [-0.2, -0.15) is 49.5 Å². The van der Waals surface area contributed by atoms with Gasteiger partial charge < -0.3 is 14.4 Å². The first-order valence-corrected chi connectivity index (χ1v) is 9.40. The number of aromatic nitrogens is 2. The zero-order valence-electron chi connectivity index (χ0n) is 17.8. The van der Waals surface area contributed by atoms with Gasteiger partial charge in [-0.15, -0.1) is 0 Å². The predicted octanol–water partition coefficient (Wildman–Crippen LogP) is 5.44. The van der Waals surface area contributed by atoms with E-state index in [-0.39, 0.29) is 5.69 Å². The van der Waals surface area contributed by atoms with E-state index in [4.69, 9.17) is 0 Å². The van der Waals surface area contributed by atoms with Gasteiger partial charge in [-0.1, -0.05) is 6.08 Å². The lowest BCUT2D eigenvalue weighted by atomic mass is 10.1. The SMILES string of the molecule is C/C=C(/C(=O)N(C)c1ccc(C(F)(F)F)cc1)c1nc(OCC(F)(F)F)cc(OCC(F)(F)F)n1. The molecule has 1 amide bonds. The Morgan fingerprint density at radius 2 is 1.34 bits per heavy atom. The fourth-order valence-corrected chi connectivity index (χ4v) is 2.50. The van der Waals surface area contributed by atoms with Gasteiger partial charge in [-0.3, -0.25) is 4.79 Å². The highest BCUT2D eigenvalue weighted by molar-refractivity contribution is 6.25. The summed E-state index contributed by atoms with van der Waals surface area (Å²) in [7, 11) is 1.18. The van der Waals surface area contributed by atoms with Crippen LogP contribution in [-0.2, 0) is 11.0 Å². The summed E-state index contributed by atoms with van der Waals surface area (Å²) in [4.78, 5) is 21.1. The highest BCUT2D eigenvalue weighted by Crippen LogP contribution is 2.31. The Hall–Kier alpha value is -3.52. The smallest absolute Gasteiger partial charge is 0.422 e.